The van der Waals surface area contributed by atoms with Crippen molar-refractivity contribution in [1.82, 2.24) is 15.3 Å². The zero-order valence-corrected chi connectivity index (χ0v) is 21.5. The predicted molar refractivity (Wildman–Crippen MR) is 141 cm³/mol. The van der Waals surface area contributed by atoms with E-state index < -0.39 is 35.7 Å². The van der Waals surface area contributed by atoms with E-state index in [0.29, 0.717) is 40.1 Å². The summed E-state index contributed by atoms with van der Waals surface area (Å²) in [4.78, 5) is 26.8. The fourth-order valence-electron chi connectivity index (χ4n) is 4.41. The zero-order chi connectivity index (χ0) is 28.4. The normalized spacial score (nSPS) is 15.8. The summed E-state index contributed by atoms with van der Waals surface area (Å²) in [6, 6.07) is 16.8. The lowest BCUT2D eigenvalue weighted by molar-refractivity contribution is -0.141. The molecule has 2 atom stereocenters. The van der Waals surface area contributed by atoms with Crippen LogP contribution in [0.2, 0.25) is 0 Å². The van der Waals surface area contributed by atoms with Crippen molar-refractivity contribution in [1.29, 1.82) is 0 Å². The van der Waals surface area contributed by atoms with Gasteiger partial charge in [-0.1, -0.05) is 29.4 Å². The number of alkyl halides is 3. The molecule has 2 aromatic carbocycles. The molecule has 5 rings (SSSR count). The summed E-state index contributed by atoms with van der Waals surface area (Å²) in [5, 5.41) is 6.97. The average molecular weight is 549 g/mol. The number of benzene rings is 2. The van der Waals surface area contributed by atoms with Crippen LogP contribution in [0.25, 0.3) is 11.1 Å². The molecule has 1 amide bonds. The van der Waals surface area contributed by atoms with Crippen molar-refractivity contribution < 1.29 is 27.2 Å². The van der Waals surface area contributed by atoms with Gasteiger partial charge in [-0.3, -0.25) is 14.8 Å². The number of amides is 1. The summed E-state index contributed by atoms with van der Waals surface area (Å²) in [6.45, 7) is 3.42. The fraction of sp³-hybridized carbons (Fsp3) is 0.200. The molecule has 0 spiro atoms. The van der Waals surface area contributed by atoms with Gasteiger partial charge in [-0.2, -0.15) is 13.2 Å². The zero-order valence-electron chi connectivity index (χ0n) is 21.5. The molecule has 1 aliphatic heterocycles. The summed E-state index contributed by atoms with van der Waals surface area (Å²) in [5.74, 6) is -0.933. The van der Waals surface area contributed by atoms with Crippen LogP contribution in [0.1, 0.15) is 63.9 Å². The Hall–Kier alpha value is -4.60. The van der Waals surface area contributed by atoms with Gasteiger partial charge in [0, 0.05) is 29.9 Å². The lowest BCUT2D eigenvalue weighted by Gasteiger charge is -2.17. The summed E-state index contributed by atoms with van der Waals surface area (Å²) < 4.78 is 53.6. The number of pyridine rings is 2. The highest BCUT2D eigenvalue weighted by atomic mass is 19.4. The molecule has 0 bridgehead atoms. The van der Waals surface area contributed by atoms with Gasteiger partial charge >= 0.3 is 6.18 Å². The van der Waals surface area contributed by atoms with Crippen molar-refractivity contribution in [3.63, 3.8) is 0 Å². The average Bonchev–Trinajstić information content (AvgIpc) is 3.43. The molecular formula is C30H24F4N4O2. The first-order valence-corrected chi connectivity index (χ1v) is 12.5. The van der Waals surface area contributed by atoms with Crippen molar-refractivity contribution >= 4 is 11.6 Å². The van der Waals surface area contributed by atoms with Crippen molar-refractivity contribution in [2.75, 3.05) is 0 Å². The third kappa shape index (κ3) is 5.85. The Morgan fingerprint density at radius 2 is 1.88 bits per heavy atom. The topological polar surface area (TPSA) is 76.5 Å². The Morgan fingerprint density at radius 1 is 1.05 bits per heavy atom. The second-order valence-electron chi connectivity index (χ2n) is 9.55. The molecule has 4 aromatic rings. The fourth-order valence-corrected chi connectivity index (χ4v) is 4.41. The van der Waals surface area contributed by atoms with Crippen LogP contribution in [0, 0.1) is 12.7 Å². The van der Waals surface area contributed by atoms with Crippen LogP contribution >= 0.6 is 0 Å². The molecule has 0 saturated carbocycles. The quantitative estimate of drug-likeness (QED) is 0.264. The summed E-state index contributed by atoms with van der Waals surface area (Å²) in [6.07, 6.45) is -1.96. The van der Waals surface area contributed by atoms with Crippen molar-refractivity contribution in [3.05, 3.63) is 119 Å². The minimum atomic E-state index is -4.56. The Labute approximate surface area is 227 Å². The Kier molecular flexibility index (Phi) is 7.34. The maximum atomic E-state index is 15.0. The molecule has 40 heavy (non-hydrogen) atoms. The van der Waals surface area contributed by atoms with Gasteiger partial charge in [-0.25, -0.2) is 4.39 Å². The monoisotopic (exact) mass is 548 g/mol. The van der Waals surface area contributed by atoms with Crippen LogP contribution < -0.4 is 5.32 Å². The molecule has 0 fully saturated rings. The van der Waals surface area contributed by atoms with E-state index in [2.05, 4.69) is 20.4 Å². The molecule has 0 aliphatic carbocycles. The van der Waals surface area contributed by atoms with E-state index in [1.165, 1.54) is 12.1 Å². The number of aryl methyl sites for hydroxylation is 1. The minimum absolute atomic E-state index is 0.231. The van der Waals surface area contributed by atoms with E-state index in [4.69, 9.17) is 4.84 Å². The smallest absolute Gasteiger partial charge is 0.387 e. The molecule has 10 heteroatoms. The summed E-state index contributed by atoms with van der Waals surface area (Å²) in [5.41, 5.74) is 3.07. The number of oxime groups is 1. The van der Waals surface area contributed by atoms with Gasteiger partial charge < -0.3 is 10.2 Å². The summed E-state index contributed by atoms with van der Waals surface area (Å²) >= 11 is 0. The van der Waals surface area contributed by atoms with Crippen LogP contribution in [-0.2, 0) is 11.0 Å². The number of hydrogen-bond acceptors (Lipinski definition) is 5. The predicted octanol–water partition coefficient (Wildman–Crippen LogP) is 6.97. The number of rotatable bonds is 6. The van der Waals surface area contributed by atoms with Crippen LogP contribution in [-0.4, -0.2) is 21.6 Å². The first kappa shape index (κ1) is 27.0. The van der Waals surface area contributed by atoms with Gasteiger partial charge in [0.1, 0.15) is 17.2 Å². The van der Waals surface area contributed by atoms with E-state index in [1.54, 1.807) is 56.4 Å². The lowest BCUT2D eigenvalue weighted by atomic mass is 9.94. The maximum Gasteiger partial charge on any atom is 0.433 e. The van der Waals surface area contributed by atoms with E-state index in [9.17, 15) is 22.4 Å². The van der Waals surface area contributed by atoms with Crippen molar-refractivity contribution in [2.24, 2.45) is 5.16 Å². The Morgan fingerprint density at radius 3 is 2.55 bits per heavy atom. The van der Waals surface area contributed by atoms with Gasteiger partial charge in [-0.05, 0) is 78.6 Å². The summed E-state index contributed by atoms with van der Waals surface area (Å²) in [7, 11) is 0. The molecule has 1 N–H and O–H groups in total. The molecule has 0 radical (unpaired) electrons. The third-order valence-electron chi connectivity index (χ3n) is 6.58. The maximum absolute atomic E-state index is 15.0. The second kappa shape index (κ2) is 10.9. The molecule has 204 valence electrons. The SMILES string of the molecule is Cc1ccc(-c2cc(C(=O)N[C@H](C)c3ccc(C(F)(F)F)nc3)cc(C3CC(c4ccccn4)=NO3)c2)c(F)c1. The van der Waals surface area contributed by atoms with Gasteiger partial charge in [-0.15, -0.1) is 0 Å². The van der Waals surface area contributed by atoms with E-state index in [1.807, 2.05) is 12.1 Å². The van der Waals surface area contributed by atoms with Crippen LogP contribution in [0.5, 0.6) is 0 Å². The lowest BCUT2D eigenvalue weighted by Crippen LogP contribution is -2.27. The minimum Gasteiger partial charge on any atom is -0.387 e. The Balaban J connectivity index is 1.44. The highest BCUT2D eigenvalue weighted by Crippen LogP contribution is 2.34. The number of hydrogen-bond donors (Lipinski definition) is 1. The number of halogens is 4. The first-order valence-electron chi connectivity index (χ1n) is 12.5. The van der Waals surface area contributed by atoms with Gasteiger partial charge in [0.05, 0.1) is 11.7 Å². The molecular weight excluding hydrogens is 524 g/mol. The van der Waals surface area contributed by atoms with Crippen molar-refractivity contribution in [3.8, 4) is 11.1 Å². The molecule has 3 heterocycles. The first-order chi connectivity index (χ1) is 19.1. The molecule has 1 unspecified atom stereocenters. The molecule has 6 nitrogen and oxygen atoms in total. The van der Waals surface area contributed by atoms with Gasteiger partial charge in [0.15, 0.2) is 6.10 Å². The van der Waals surface area contributed by atoms with Gasteiger partial charge in [0.2, 0.25) is 0 Å². The number of nitrogens with zero attached hydrogens (tertiary/aromatic N) is 3. The molecule has 2 aromatic heterocycles. The highest BCUT2D eigenvalue weighted by Gasteiger charge is 2.32. The van der Waals surface area contributed by atoms with E-state index >= 15 is 0 Å². The van der Waals surface area contributed by atoms with Crippen LogP contribution in [0.15, 0.2) is 84.3 Å². The third-order valence-corrected chi connectivity index (χ3v) is 6.58. The Bertz CT molecular complexity index is 1570. The highest BCUT2D eigenvalue weighted by molar-refractivity contribution is 6.00. The van der Waals surface area contributed by atoms with Crippen LogP contribution in [0.4, 0.5) is 17.6 Å². The van der Waals surface area contributed by atoms with Gasteiger partial charge in [0.25, 0.3) is 5.91 Å². The number of nitrogens with one attached hydrogen (secondary N) is 1. The largest absolute Gasteiger partial charge is 0.433 e. The number of aromatic nitrogens is 2. The second-order valence-corrected chi connectivity index (χ2v) is 9.55. The molecule has 0 saturated heterocycles. The molecule has 1 aliphatic rings. The standard InChI is InChI=1S/C30H24F4N4O2/c1-17-6-8-23(24(31)11-17)20-12-21(27-15-26(38-40-27)25-5-3-4-10-35-25)14-22(13-20)29(39)37-18(2)19-7-9-28(36-16-19)30(32,33)34/h3-14,16,18,27H,15H2,1-2H3,(H,37,39)/t18-,27?/m1/s1. The van der Waals surface area contributed by atoms with E-state index in [-0.39, 0.29) is 5.56 Å². The van der Waals surface area contributed by atoms with Crippen molar-refractivity contribution in [2.45, 2.75) is 38.6 Å². The number of carbonyl (C=O) groups is 1. The number of carbonyl (C=O) groups excluding carboxylic acids is 1. The van der Waals surface area contributed by atoms with Crippen LogP contribution in [0.3, 0.4) is 0 Å². The van der Waals surface area contributed by atoms with E-state index in [0.717, 1.165) is 17.8 Å².